The Kier molecular flexibility index (Phi) is 6.61. The summed E-state index contributed by atoms with van der Waals surface area (Å²) in [6.07, 6.45) is 0. The molecular weight excluding hydrogens is 410 g/mol. The number of halogens is 2. The smallest absolute Gasteiger partial charge is 0.330 e. The predicted octanol–water partition coefficient (Wildman–Crippen LogP) is 1.74. The number of rotatable bonds is 7. The molecule has 0 saturated heterocycles. The summed E-state index contributed by atoms with van der Waals surface area (Å²) in [5.74, 6) is -3.05. The van der Waals surface area contributed by atoms with Gasteiger partial charge in [0.2, 0.25) is 0 Å². The van der Waals surface area contributed by atoms with Gasteiger partial charge in [0.25, 0.3) is 11.5 Å². The first-order valence-electron chi connectivity index (χ1n) is 9.25. The number of H-pyrrole nitrogens is 1. The van der Waals surface area contributed by atoms with Crippen LogP contribution in [0.2, 0.25) is 0 Å². The summed E-state index contributed by atoms with van der Waals surface area (Å²) in [4.78, 5) is 41.1. The minimum absolute atomic E-state index is 0.000228. The molecule has 8 nitrogen and oxygen atoms in total. The highest BCUT2D eigenvalue weighted by Crippen LogP contribution is 2.21. The number of aromatic amines is 1. The highest BCUT2D eigenvalue weighted by Gasteiger charge is 2.26. The van der Waals surface area contributed by atoms with Gasteiger partial charge in [0.05, 0.1) is 13.2 Å². The van der Waals surface area contributed by atoms with E-state index in [4.69, 9.17) is 10.5 Å². The monoisotopic (exact) mass is 430 g/mol. The van der Waals surface area contributed by atoms with E-state index in [0.29, 0.717) is 6.07 Å². The number of hydrogen-bond acceptors (Lipinski definition) is 5. The molecule has 0 aliphatic rings. The van der Waals surface area contributed by atoms with Crippen molar-refractivity contribution in [2.24, 2.45) is 0 Å². The van der Waals surface area contributed by atoms with E-state index in [0.717, 1.165) is 27.2 Å². The summed E-state index contributed by atoms with van der Waals surface area (Å²) in [5, 5.41) is 0. The molecule has 0 aliphatic carbocycles. The van der Waals surface area contributed by atoms with Gasteiger partial charge in [-0.2, -0.15) is 0 Å². The van der Waals surface area contributed by atoms with Crippen molar-refractivity contribution >= 4 is 17.4 Å². The van der Waals surface area contributed by atoms with E-state index in [1.807, 2.05) is 0 Å². The Morgan fingerprint density at radius 3 is 2.39 bits per heavy atom. The molecule has 3 aromatic rings. The van der Waals surface area contributed by atoms with Crippen LogP contribution in [0.15, 0.2) is 58.1 Å². The molecule has 0 aliphatic heterocycles. The van der Waals surface area contributed by atoms with Gasteiger partial charge in [-0.25, -0.2) is 13.6 Å². The molecular formula is C21H20F2N4O4. The van der Waals surface area contributed by atoms with Crippen molar-refractivity contribution in [1.29, 1.82) is 0 Å². The molecule has 10 heteroatoms. The first-order valence-corrected chi connectivity index (χ1v) is 9.25. The number of nitrogens with one attached hydrogen (secondary N) is 1. The van der Waals surface area contributed by atoms with Crippen molar-refractivity contribution in [2.45, 2.75) is 6.54 Å². The molecule has 1 aromatic heterocycles. The van der Waals surface area contributed by atoms with Gasteiger partial charge in [0.1, 0.15) is 17.5 Å². The number of anilines is 2. The lowest BCUT2D eigenvalue weighted by atomic mass is 10.1. The average molecular weight is 430 g/mol. The van der Waals surface area contributed by atoms with Gasteiger partial charge in [-0.05, 0) is 17.7 Å². The van der Waals surface area contributed by atoms with Gasteiger partial charge < -0.3 is 10.5 Å². The average Bonchev–Trinajstić information content (AvgIpc) is 2.73. The van der Waals surface area contributed by atoms with Crippen molar-refractivity contribution in [3.63, 3.8) is 0 Å². The van der Waals surface area contributed by atoms with E-state index in [9.17, 15) is 23.2 Å². The largest absolute Gasteiger partial charge is 0.383 e. The number of nitrogen functional groups attached to an aromatic ring is 1. The SMILES string of the molecule is COCCN(C(=O)c1cc(F)cc(F)c1)c1c(N)n(Cc2ccccc2)c(=O)[nH]c1=O. The number of amides is 1. The number of nitrogens with two attached hydrogens (primary N) is 1. The number of benzene rings is 2. The van der Waals surface area contributed by atoms with Crippen LogP contribution < -0.4 is 21.9 Å². The van der Waals surface area contributed by atoms with Crippen LogP contribution in [0.5, 0.6) is 0 Å². The summed E-state index contributed by atoms with van der Waals surface area (Å²) >= 11 is 0. The zero-order chi connectivity index (χ0) is 22.5. The van der Waals surface area contributed by atoms with Gasteiger partial charge >= 0.3 is 5.69 Å². The maximum Gasteiger partial charge on any atom is 0.330 e. The first-order chi connectivity index (χ1) is 14.8. The molecule has 1 amide bonds. The van der Waals surface area contributed by atoms with Crippen LogP contribution >= 0.6 is 0 Å². The summed E-state index contributed by atoms with van der Waals surface area (Å²) in [6, 6.07) is 11.2. The minimum Gasteiger partial charge on any atom is -0.383 e. The molecule has 0 spiro atoms. The van der Waals surface area contributed by atoms with E-state index < -0.39 is 28.8 Å². The van der Waals surface area contributed by atoms with Crippen molar-refractivity contribution in [3.05, 3.63) is 92.1 Å². The van der Waals surface area contributed by atoms with Crippen molar-refractivity contribution in [1.82, 2.24) is 9.55 Å². The van der Waals surface area contributed by atoms with Gasteiger partial charge in [-0.15, -0.1) is 0 Å². The topological polar surface area (TPSA) is 110 Å². The highest BCUT2D eigenvalue weighted by molar-refractivity contribution is 6.07. The fraction of sp³-hybridized carbons (Fsp3) is 0.190. The van der Waals surface area contributed by atoms with Crippen LogP contribution in [0, 0.1) is 11.6 Å². The molecule has 3 N–H and O–H groups in total. The summed E-state index contributed by atoms with van der Waals surface area (Å²) < 4.78 is 33.4. The van der Waals surface area contributed by atoms with Crippen molar-refractivity contribution < 1.29 is 18.3 Å². The quantitative estimate of drug-likeness (QED) is 0.593. The van der Waals surface area contributed by atoms with E-state index in [1.54, 1.807) is 30.3 Å². The minimum atomic E-state index is -0.953. The summed E-state index contributed by atoms with van der Waals surface area (Å²) in [7, 11) is 1.38. The number of hydrogen-bond donors (Lipinski definition) is 2. The van der Waals surface area contributed by atoms with Crippen LogP contribution in [-0.4, -0.2) is 35.7 Å². The van der Waals surface area contributed by atoms with E-state index in [2.05, 4.69) is 4.98 Å². The summed E-state index contributed by atoms with van der Waals surface area (Å²) in [5.41, 5.74) is 4.56. The standard InChI is InChI=1S/C21H20F2N4O4/c1-31-8-7-26(20(29)14-9-15(22)11-16(23)10-14)17-18(24)27(21(30)25-19(17)28)12-13-5-3-2-4-6-13/h2-6,9-11H,7-8,12,24H2,1H3,(H,25,28,30). The van der Waals surface area contributed by atoms with Gasteiger partial charge in [0.15, 0.2) is 5.69 Å². The second-order valence-corrected chi connectivity index (χ2v) is 6.67. The van der Waals surface area contributed by atoms with Crippen LogP contribution in [0.25, 0.3) is 0 Å². The van der Waals surface area contributed by atoms with Crippen LogP contribution in [-0.2, 0) is 11.3 Å². The fourth-order valence-electron chi connectivity index (χ4n) is 3.09. The molecule has 0 saturated carbocycles. The molecule has 0 fully saturated rings. The highest BCUT2D eigenvalue weighted by atomic mass is 19.1. The van der Waals surface area contributed by atoms with E-state index in [1.165, 1.54) is 7.11 Å². The number of nitrogens with zero attached hydrogens (tertiary/aromatic N) is 2. The predicted molar refractivity (Wildman–Crippen MR) is 111 cm³/mol. The molecule has 31 heavy (non-hydrogen) atoms. The van der Waals surface area contributed by atoms with Crippen molar-refractivity contribution in [2.75, 3.05) is 30.9 Å². The molecule has 0 atom stereocenters. The third kappa shape index (κ3) is 4.86. The Labute approximate surface area is 175 Å². The normalized spacial score (nSPS) is 10.8. The zero-order valence-corrected chi connectivity index (χ0v) is 16.6. The number of carbonyl (C=O) groups excluding carboxylic acids is 1. The zero-order valence-electron chi connectivity index (χ0n) is 16.6. The van der Waals surface area contributed by atoms with E-state index in [-0.39, 0.29) is 36.8 Å². The Balaban J connectivity index is 2.12. The molecule has 3 rings (SSSR count). The molecule has 162 valence electrons. The van der Waals surface area contributed by atoms with Crippen LogP contribution in [0.4, 0.5) is 20.3 Å². The number of aromatic nitrogens is 2. The lowest BCUT2D eigenvalue weighted by Crippen LogP contribution is -2.42. The molecule has 2 aromatic carbocycles. The second-order valence-electron chi connectivity index (χ2n) is 6.67. The Bertz CT molecular complexity index is 1190. The third-order valence-corrected chi connectivity index (χ3v) is 4.54. The summed E-state index contributed by atoms with van der Waals surface area (Å²) in [6.45, 7) is -0.110. The van der Waals surface area contributed by atoms with Crippen molar-refractivity contribution in [3.8, 4) is 0 Å². The lowest BCUT2D eigenvalue weighted by Gasteiger charge is -2.24. The van der Waals surface area contributed by atoms with Gasteiger partial charge in [-0.3, -0.25) is 24.0 Å². The third-order valence-electron chi connectivity index (χ3n) is 4.54. The fourth-order valence-corrected chi connectivity index (χ4v) is 3.09. The molecule has 1 heterocycles. The molecule has 0 bridgehead atoms. The Hall–Kier alpha value is -3.79. The van der Waals surface area contributed by atoms with Gasteiger partial charge in [0, 0.05) is 25.3 Å². The van der Waals surface area contributed by atoms with Crippen LogP contribution in [0.3, 0.4) is 0 Å². The maximum atomic E-state index is 13.7. The Morgan fingerprint density at radius 2 is 1.77 bits per heavy atom. The second kappa shape index (κ2) is 9.35. The first kappa shape index (κ1) is 21.9. The lowest BCUT2D eigenvalue weighted by molar-refractivity contribution is 0.0974. The van der Waals surface area contributed by atoms with Gasteiger partial charge in [-0.1, -0.05) is 30.3 Å². The molecule has 0 unspecified atom stereocenters. The molecule has 0 radical (unpaired) electrons. The number of carbonyl (C=O) groups is 1. The maximum absolute atomic E-state index is 13.7. The number of ether oxygens (including phenoxy) is 1. The van der Waals surface area contributed by atoms with E-state index >= 15 is 0 Å². The van der Waals surface area contributed by atoms with Crippen LogP contribution in [0.1, 0.15) is 15.9 Å². The number of methoxy groups -OCH3 is 1. The Morgan fingerprint density at radius 1 is 1.13 bits per heavy atom.